The second kappa shape index (κ2) is 7.29. The summed E-state index contributed by atoms with van der Waals surface area (Å²) in [4.78, 5) is 5.36. The van der Waals surface area contributed by atoms with Crippen molar-refractivity contribution in [2.24, 2.45) is 0 Å². The van der Waals surface area contributed by atoms with Crippen LogP contribution in [0.1, 0.15) is 0 Å². The summed E-state index contributed by atoms with van der Waals surface area (Å²) in [6.07, 6.45) is 1.14. The molecule has 28 heavy (non-hydrogen) atoms. The molecule has 3 aromatic rings. The zero-order chi connectivity index (χ0) is 19.9. The Balaban J connectivity index is 1.98. The number of pyridine rings is 1. The average Bonchev–Trinajstić information content (AvgIpc) is 2.66. The van der Waals surface area contributed by atoms with Gasteiger partial charge in [-0.25, -0.2) is 21.6 Å². The van der Waals surface area contributed by atoms with Gasteiger partial charge in [0.1, 0.15) is 22.3 Å². The predicted octanol–water partition coefficient (Wildman–Crippen LogP) is 4.04. The largest absolute Gasteiger partial charge is 0.368 e. The van der Waals surface area contributed by atoms with Gasteiger partial charge in [-0.15, -0.1) is 0 Å². The van der Waals surface area contributed by atoms with E-state index in [4.69, 9.17) is 0 Å². The monoisotopic (exact) mass is 424 g/mol. The smallest absolute Gasteiger partial charge is 0.210 e. The van der Waals surface area contributed by atoms with Crippen LogP contribution in [0.5, 0.6) is 0 Å². The molecule has 4 nitrogen and oxygen atoms in total. The van der Waals surface area contributed by atoms with Gasteiger partial charge in [0.15, 0.2) is 0 Å². The normalized spacial score (nSPS) is 15.2. The number of rotatable bonds is 3. The van der Waals surface area contributed by atoms with Gasteiger partial charge in [0.25, 0.3) is 0 Å². The fourth-order valence-electron chi connectivity index (χ4n) is 3.25. The fraction of sp³-hybridized carbons (Fsp3) is 0.211. The highest BCUT2D eigenvalue weighted by Gasteiger charge is 2.28. The molecule has 0 unspecified atom stereocenters. The van der Waals surface area contributed by atoms with E-state index in [9.17, 15) is 21.6 Å². The minimum absolute atomic E-state index is 0.150. The summed E-state index contributed by atoms with van der Waals surface area (Å²) in [6.45, 7) is 1.20. The Hall–Kier alpha value is -2.26. The quantitative estimate of drug-likeness (QED) is 0.635. The van der Waals surface area contributed by atoms with E-state index in [0.29, 0.717) is 35.7 Å². The second-order valence-electron chi connectivity index (χ2n) is 6.34. The molecule has 0 atom stereocenters. The van der Waals surface area contributed by atoms with E-state index < -0.39 is 32.2 Å². The molecule has 0 aliphatic carbocycles. The number of nitrogens with zero attached hydrogens (tertiary/aromatic N) is 2. The molecule has 0 amide bonds. The third-order valence-corrected chi connectivity index (χ3v) is 7.21. The Morgan fingerprint density at radius 3 is 2.29 bits per heavy atom. The highest BCUT2D eigenvalue weighted by atomic mass is 32.2. The van der Waals surface area contributed by atoms with Gasteiger partial charge >= 0.3 is 0 Å². The van der Waals surface area contributed by atoms with Crippen LogP contribution in [0.15, 0.2) is 52.4 Å². The molecule has 146 valence electrons. The van der Waals surface area contributed by atoms with Crippen molar-refractivity contribution in [3.8, 4) is 0 Å². The SMILES string of the molecule is O=S(=O)(c1cc(F)cc(F)c1)c1cnc2cc(F)ccc2c1N1CCSCC1. The number of halogens is 3. The first-order valence-corrected chi connectivity index (χ1v) is 11.1. The van der Waals surface area contributed by atoms with Gasteiger partial charge in [0.2, 0.25) is 9.84 Å². The first-order chi connectivity index (χ1) is 13.4. The van der Waals surface area contributed by atoms with Crippen molar-refractivity contribution >= 4 is 38.2 Å². The van der Waals surface area contributed by atoms with E-state index in [1.54, 1.807) is 11.8 Å². The Kier molecular flexibility index (Phi) is 4.96. The van der Waals surface area contributed by atoms with E-state index in [2.05, 4.69) is 4.98 Å². The maximum Gasteiger partial charge on any atom is 0.210 e. The van der Waals surface area contributed by atoms with Crippen LogP contribution in [0, 0.1) is 17.5 Å². The molecule has 1 aromatic heterocycles. The van der Waals surface area contributed by atoms with Gasteiger partial charge in [-0.3, -0.25) is 4.98 Å². The summed E-state index contributed by atoms with van der Waals surface area (Å²) < 4.78 is 67.4. The molecule has 0 radical (unpaired) electrons. The molecule has 1 fully saturated rings. The highest BCUT2D eigenvalue weighted by molar-refractivity contribution is 7.99. The first kappa shape index (κ1) is 19.1. The first-order valence-electron chi connectivity index (χ1n) is 8.48. The highest BCUT2D eigenvalue weighted by Crippen LogP contribution is 2.37. The Morgan fingerprint density at radius 2 is 1.61 bits per heavy atom. The lowest BCUT2D eigenvalue weighted by Gasteiger charge is -2.31. The van der Waals surface area contributed by atoms with Crippen molar-refractivity contribution in [1.82, 2.24) is 4.98 Å². The van der Waals surface area contributed by atoms with Crippen LogP contribution < -0.4 is 4.90 Å². The van der Waals surface area contributed by atoms with Gasteiger partial charge in [-0.2, -0.15) is 11.8 Å². The molecule has 1 saturated heterocycles. The number of thioether (sulfide) groups is 1. The Morgan fingerprint density at radius 1 is 0.929 bits per heavy atom. The van der Waals surface area contributed by atoms with Crippen LogP contribution in [0.2, 0.25) is 0 Å². The van der Waals surface area contributed by atoms with Crippen molar-refractivity contribution < 1.29 is 21.6 Å². The van der Waals surface area contributed by atoms with E-state index >= 15 is 0 Å². The molecule has 0 N–H and O–H groups in total. The maximum absolute atomic E-state index is 13.7. The summed E-state index contributed by atoms with van der Waals surface area (Å²) >= 11 is 1.75. The van der Waals surface area contributed by atoms with E-state index in [-0.39, 0.29) is 4.90 Å². The number of hydrogen-bond acceptors (Lipinski definition) is 5. The number of sulfone groups is 1. The van der Waals surface area contributed by atoms with E-state index in [0.717, 1.165) is 29.8 Å². The lowest BCUT2D eigenvalue weighted by molar-refractivity contribution is 0.567. The molecular formula is C19H15F3N2O2S2. The van der Waals surface area contributed by atoms with E-state index in [1.807, 2.05) is 4.90 Å². The predicted molar refractivity (Wildman–Crippen MR) is 103 cm³/mol. The third kappa shape index (κ3) is 3.44. The van der Waals surface area contributed by atoms with Crippen LogP contribution in [0.4, 0.5) is 18.9 Å². The van der Waals surface area contributed by atoms with Crippen molar-refractivity contribution in [2.75, 3.05) is 29.5 Å². The van der Waals surface area contributed by atoms with Crippen molar-refractivity contribution in [3.05, 3.63) is 60.0 Å². The molecule has 4 rings (SSSR count). The van der Waals surface area contributed by atoms with Gasteiger partial charge in [0.05, 0.1) is 16.1 Å². The summed E-state index contributed by atoms with van der Waals surface area (Å²) in [5.41, 5.74) is 0.701. The molecular weight excluding hydrogens is 409 g/mol. The molecule has 0 bridgehead atoms. The fourth-order valence-corrected chi connectivity index (χ4v) is 5.63. The van der Waals surface area contributed by atoms with Crippen LogP contribution >= 0.6 is 11.8 Å². The zero-order valence-electron chi connectivity index (χ0n) is 14.5. The van der Waals surface area contributed by atoms with Crippen molar-refractivity contribution in [1.29, 1.82) is 0 Å². The maximum atomic E-state index is 13.7. The second-order valence-corrected chi connectivity index (χ2v) is 9.48. The molecule has 9 heteroatoms. The number of anilines is 1. The number of aromatic nitrogens is 1. The number of fused-ring (bicyclic) bond motifs is 1. The third-order valence-electron chi connectivity index (χ3n) is 4.53. The number of benzene rings is 2. The van der Waals surface area contributed by atoms with Gasteiger partial charge in [-0.05, 0) is 24.3 Å². The topological polar surface area (TPSA) is 50.3 Å². The summed E-state index contributed by atoms with van der Waals surface area (Å²) in [5, 5.41) is 0.478. The van der Waals surface area contributed by atoms with Crippen LogP contribution in [0.25, 0.3) is 10.9 Å². The Labute approximate surface area is 164 Å². The molecule has 1 aliphatic heterocycles. The minimum atomic E-state index is -4.25. The molecule has 1 aliphatic rings. The van der Waals surface area contributed by atoms with E-state index in [1.165, 1.54) is 18.2 Å². The summed E-state index contributed by atoms with van der Waals surface area (Å²) in [6, 6.07) is 6.13. The van der Waals surface area contributed by atoms with Crippen molar-refractivity contribution in [3.63, 3.8) is 0 Å². The standard InChI is InChI=1S/C19H15F3N2O2S2/c20-12-1-2-16-17(10-12)23-11-18(19(16)24-3-5-27-6-4-24)28(25,26)15-8-13(21)7-14(22)9-15/h1-2,7-11H,3-6H2. The lowest BCUT2D eigenvalue weighted by atomic mass is 10.1. The molecule has 0 saturated carbocycles. The van der Waals surface area contributed by atoms with Crippen molar-refractivity contribution in [2.45, 2.75) is 9.79 Å². The number of hydrogen-bond donors (Lipinski definition) is 0. The van der Waals surface area contributed by atoms with Crippen LogP contribution in [0.3, 0.4) is 0 Å². The molecule has 2 aromatic carbocycles. The average molecular weight is 424 g/mol. The van der Waals surface area contributed by atoms with Crippen LogP contribution in [-0.2, 0) is 9.84 Å². The molecule has 0 spiro atoms. The van der Waals surface area contributed by atoms with Crippen LogP contribution in [-0.4, -0.2) is 38.0 Å². The Bertz CT molecular complexity index is 1140. The zero-order valence-corrected chi connectivity index (χ0v) is 16.2. The van der Waals surface area contributed by atoms with Gasteiger partial charge in [0, 0.05) is 48.3 Å². The van der Waals surface area contributed by atoms with Gasteiger partial charge in [-0.1, -0.05) is 0 Å². The minimum Gasteiger partial charge on any atom is -0.368 e. The molecule has 2 heterocycles. The summed E-state index contributed by atoms with van der Waals surface area (Å²) in [5.74, 6) is -0.836. The lowest BCUT2D eigenvalue weighted by Crippen LogP contribution is -2.33. The van der Waals surface area contributed by atoms with Gasteiger partial charge < -0.3 is 4.90 Å². The summed E-state index contributed by atoms with van der Waals surface area (Å²) in [7, 11) is -4.25.